The summed E-state index contributed by atoms with van der Waals surface area (Å²) >= 11 is 0.963. The van der Waals surface area contributed by atoms with E-state index in [1.807, 2.05) is 6.07 Å². The number of esters is 1. The lowest BCUT2D eigenvalue weighted by atomic mass is 9.88. The molecule has 1 aliphatic rings. The number of amides is 2. The number of β-lactam (4-membered cyclic amide) rings is 1. The highest BCUT2D eigenvalue weighted by Crippen LogP contribution is 2.42. The number of nitrogens with zero attached hydrogens (tertiary/aromatic N) is 1. The van der Waals surface area contributed by atoms with E-state index in [4.69, 9.17) is 9.16 Å². The van der Waals surface area contributed by atoms with Gasteiger partial charge in [-0.05, 0) is 49.0 Å². The second-order valence-corrected chi connectivity index (χ2v) is 15.1. The van der Waals surface area contributed by atoms with Gasteiger partial charge < -0.3 is 9.16 Å². The van der Waals surface area contributed by atoms with Crippen molar-refractivity contribution in [1.82, 2.24) is 4.90 Å². The first-order valence-corrected chi connectivity index (χ1v) is 14.3. The van der Waals surface area contributed by atoms with Gasteiger partial charge in [-0.1, -0.05) is 51.6 Å². The third-order valence-corrected chi connectivity index (χ3v) is 11.2. The van der Waals surface area contributed by atoms with E-state index >= 15 is 0 Å². The summed E-state index contributed by atoms with van der Waals surface area (Å²) in [5.74, 6) is -3.75. The summed E-state index contributed by atoms with van der Waals surface area (Å²) in [6, 6.07) is 9.01. The molecule has 33 heavy (non-hydrogen) atoms. The van der Waals surface area contributed by atoms with Gasteiger partial charge in [0.2, 0.25) is 11.0 Å². The third kappa shape index (κ3) is 6.30. The molecule has 7 nitrogen and oxygen atoms in total. The summed E-state index contributed by atoms with van der Waals surface area (Å²) < 4.78 is 11.1. The largest absolute Gasteiger partial charge is 0.454 e. The molecular weight excluding hydrogens is 458 g/mol. The van der Waals surface area contributed by atoms with Crippen LogP contribution >= 0.6 is 11.8 Å². The maximum absolute atomic E-state index is 13.0. The molecule has 1 aromatic carbocycles. The first-order valence-electron chi connectivity index (χ1n) is 10.6. The van der Waals surface area contributed by atoms with Gasteiger partial charge in [0.1, 0.15) is 12.5 Å². The Morgan fingerprint density at radius 3 is 2.36 bits per heavy atom. The van der Waals surface area contributed by atoms with Crippen LogP contribution in [0.2, 0.25) is 18.1 Å². The van der Waals surface area contributed by atoms with Crippen molar-refractivity contribution in [3.63, 3.8) is 0 Å². The van der Waals surface area contributed by atoms with Crippen molar-refractivity contribution in [2.75, 3.05) is 6.61 Å². The Labute approximate surface area is 200 Å². The zero-order valence-electron chi connectivity index (χ0n) is 19.9. The van der Waals surface area contributed by atoms with Crippen LogP contribution in [0.15, 0.2) is 59.7 Å². The van der Waals surface area contributed by atoms with E-state index in [1.54, 1.807) is 31.2 Å². The Balaban J connectivity index is 2.33. The lowest BCUT2D eigenvalue weighted by molar-refractivity contribution is -0.167. The minimum Gasteiger partial charge on any atom is -0.454 e. The van der Waals surface area contributed by atoms with E-state index < -0.39 is 38.1 Å². The summed E-state index contributed by atoms with van der Waals surface area (Å²) in [6.45, 7) is 15.4. The molecule has 0 unspecified atom stereocenters. The van der Waals surface area contributed by atoms with Crippen molar-refractivity contribution in [2.45, 2.75) is 56.8 Å². The van der Waals surface area contributed by atoms with Crippen LogP contribution in [0.4, 0.5) is 0 Å². The quantitative estimate of drug-likeness (QED) is 0.107. The Bertz CT molecular complexity index is 967. The van der Waals surface area contributed by atoms with E-state index in [-0.39, 0.29) is 22.5 Å². The molecule has 9 heteroatoms. The highest BCUT2D eigenvalue weighted by atomic mass is 32.2. The number of hydrogen-bond donors (Lipinski definition) is 0. The van der Waals surface area contributed by atoms with Crippen LogP contribution in [0.1, 0.15) is 27.7 Å². The Morgan fingerprint density at radius 2 is 1.82 bits per heavy atom. The van der Waals surface area contributed by atoms with Crippen LogP contribution < -0.4 is 0 Å². The smallest absolute Gasteiger partial charge is 0.398 e. The zero-order chi connectivity index (χ0) is 25.0. The predicted octanol–water partition coefficient (Wildman–Crippen LogP) is 4.31. The normalized spacial score (nSPS) is 18.5. The maximum Gasteiger partial charge on any atom is 0.398 e. The van der Waals surface area contributed by atoms with E-state index in [0.717, 1.165) is 16.7 Å². The SMILES string of the molecule is C=CCOC(=O)C(=O)N1C(=O)[C@H]([C@@H](C)O[Si](C)(C)C(C)(C)C)/C1=C/C(=O)Sc1ccccc1. The summed E-state index contributed by atoms with van der Waals surface area (Å²) in [6.07, 6.45) is 1.97. The van der Waals surface area contributed by atoms with E-state index in [0.29, 0.717) is 4.90 Å². The molecule has 2 amide bonds. The third-order valence-electron chi connectivity index (χ3n) is 5.76. The molecule has 1 saturated heterocycles. The molecule has 0 spiro atoms. The van der Waals surface area contributed by atoms with E-state index in [1.165, 1.54) is 12.2 Å². The summed E-state index contributed by atoms with van der Waals surface area (Å²) in [7, 11) is -2.24. The van der Waals surface area contributed by atoms with Crippen LogP contribution in [0.5, 0.6) is 0 Å². The maximum atomic E-state index is 13.0. The number of rotatable bonds is 7. The number of benzene rings is 1. The number of thioether (sulfide) groups is 1. The number of ether oxygens (including phenoxy) is 1. The van der Waals surface area contributed by atoms with Gasteiger partial charge in [0.05, 0.1) is 6.10 Å². The van der Waals surface area contributed by atoms with Gasteiger partial charge in [0.25, 0.3) is 0 Å². The number of likely N-dealkylation sites (tertiary alicyclic amines) is 1. The van der Waals surface area contributed by atoms with Gasteiger partial charge in [-0.15, -0.1) is 0 Å². The molecule has 0 bridgehead atoms. The second kappa shape index (κ2) is 10.6. The summed E-state index contributed by atoms with van der Waals surface area (Å²) in [5.41, 5.74) is 0.139. The van der Waals surface area contributed by atoms with E-state index in [9.17, 15) is 19.2 Å². The Morgan fingerprint density at radius 1 is 1.21 bits per heavy atom. The van der Waals surface area contributed by atoms with Crippen molar-refractivity contribution in [2.24, 2.45) is 5.92 Å². The fourth-order valence-corrected chi connectivity index (χ4v) is 5.16. The molecule has 0 radical (unpaired) electrons. The topological polar surface area (TPSA) is 90.0 Å². The molecule has 0 aliphatic carbocycles. The molecule has 0 saturated carbocycles. The Hall–Kier alpha value is -2.49. The molecule has 2 rings (SSSR count). The lowest BCUT2D eigenvalue weighted by Gasteiger charge is -2.45. The fraction of sp³-hybridized carbons (Fsp3) is 0.417. The highest BCUT2D eigenvalue weighted by Gasteiger charge is 2.53. The number of hydrogen-bond acceptors (Lipinski definition) is 7. The molecule has 178 valence electrons. The van der Waals surface area contributed by atoms with Gasteiger partial charge >= 0.3 is 11.9 Å². The van der Waals surface area contributed by atoms with E-state index in [2.05, 4.69) is 40.4 Å². The molecule has 1 heterocycles. The van der Waals surface area contributed by atoms with Crippen molar-refractivity contribution < 1.29 is 28.3 Å². The number of imide groups is 1. The Kier molecular flexibility index (Phi) is 8.61. The van der Waals surface area contributed by atoms with Crippen LogP contribution in [0, 0.1) is 5.92 Å². The van der Waals surface area contributed by atoms with Crippen molar-refractivity contribution >= 4 is 43.0 Å². The number of carbonyl (C=O) groups excluding carboxylic acids is 4. The van der Waals surface area contributed by atoms with Crippen LogP contribution in [-0.4, -0.2) is 48.8 Å². The summed E-state index contributed by atoms with van der Waals surface area (Å²) in [4.78, 5) is 51.8. The first-order chi connectivity index (χ1) is 15.3. The molecule has 2 atom stereocenters. The van der Waals surface area contributed by atoms with Crippen LogP contribution in [0.25, 0.3) is 0 Å². The minimum absolute atomic E-state index is 0.0963. The lowest BCUT2D eigenvalue weighted by Crippen LogP contribution is -2.60. The van der Waals surface area contributed by atoms with Gasteiger partial charge in [0.15, 0.2) is 8.32 Å². The second-order valence-electron chi connectivity index (χ2n) is 9.23. The summed E-state index contributed by atoms with van der Waals surface area (Å²) in [5, 5.41) is -0.466. The first kappa shape index (κ1) is 26.8. The molecule has 0 aromatic heterocycles. The predicted molar refractivity (Wildman–Crippen MR) is 130 cm³/mol. The van der Waals surface area contributed by atoms with Crippen molar-refractivity contribution in [3.8, 4) is 0 Å². The zero-order valence-corrected chi connectivity index (χ0v) is 21.7. The monoisotopic (exact) mass is 489 g/mol. The average Bonchev–Trinajstić information content (AvgIpc) is 2.71. The van der Waals surface area contributed by atoms with Crippen molar-refractivity contribution in [1.29, 1.82) is 0 Å². The van der Waals surface area contributed by atoms with Gasteiger partial charge in [-0.3, -0.25) is 14.4 Å². The molecule has 1 aliphatic heterocycles. The highest BCUT2D eigenvalue weighted by molar-refractivity contribution is 8.14. The number of carbonyl (C=O) groups is 4. The standard InChI is InChI=1S/C24H31NO6SSi/c1-8-14-30-23(29)22(28)25-18(15-19(26)32-17-12-10-9-11-13-17)20(21(25)27)16(2)31-33(6,7)24(3,4)5/h8-13,15-16,20H,1,14H2,2-7H3/b18-15-/t16-,20-/m1/s1. The van der Waals surface area contributed by atoms with Gasteiger partial charge in [0, 0.05) is 16.7 Å². The molecule has 0 N–H and O–H groups in total. The van der Waals surface area contributed by atoms with Gasteiger partial charge in [-0.2, -0.15) is 0 Å². The van der Waals surface area contributed by atoms with Crippen LogP contribution in [-0.2, 0) is 28.3 Å². The average molecular weight is 490 g/mol. The molecule has 1 fully saturated rings. The van der Waals surface area contributed by atoms with Crippen molar-refractivity contribution in [3.05, 3.63) is 54.8 Å². The van der Waals surface area contributed by atoms with Gasteiger partial charge in [-0.25, -0.2) is 9.69 Å². The fourth-order valence-electron chi connectivity index (χ4n) is 3.03. The molecule has 1 aromatic rings. The minimum atomic E-state index is -2.24. The van der Waals surface area contributed by atoms with Crippen LogP contribution in [0.3, 0.4) is 0 Å². The molecular formula is C24H31NO6SSi.